The maximum atomic E-state index is 14.5. The smallest absolute Gasteiger partial charge is 0.255 e. The Kier molecular flexibility index (Phi) is 4.64. The summed E-state index contributed by atoms with van der Waals surface area (Å²) in [5.41, 5.74) is 0.138. The molecule has 0 spiro atoms. The van der Waals surface area contributed by atoms with Crippen LogP contribution in [0.2, 0.25) is 0 Å². The number of benzene rings is 1. The number of nitrogens with zero attached hydrogens (tertiary/aromatic N) is 2. The van der Waals surface area contributed by atoms with E-state index in [0.717, 1.165) is 22.2 Å². The molecule has 1 unspecified atom stereocenters. The molecule has 0 saturated carbocycles. The lowest BCUT2D eigenvalue weighted by Gasteiger charge is -2.18. The lowest BCUT2D eigenvalue weighted by atomic mass is 10.1. The number of anilines is 2. The first kappa shape index (κ1) is 17.4. The summed E-state index contributed by atoms with van der Waals surface area (Å²) in [6.45, 7) is 1.51. The van der Waals surface area contributed by atoms with Gasteiger partial charge in [0.05, 0.1) is 21.0 Å². The quantitative estimate of drug-likeness (QED) is 0.667. The van der Waals surface area contributed by atoms with Crippen molar-refractivity contribution in [3.05, 3.63) is 52.7 Å². The van der Waals surface area contributed by atoms with E-state index in [-0.39, 0.29) is 17.5 Å². The summed E-state index contributed by atoms with van der Waals surface area (Å²) in [5.74, 6) is -0.363. The number of hydrogen-bond acceptors (Lipinski definition) is 6. The minimum Gasteiger partial charge on any atom is -0.391 e. The number of aliphatic hydroxyl groups is 1. The van der Waals surface area contributed by atoms with Gasteiger partial charge in [0.2, 0.25) is 0 Å². The van der Waals surface area contributed by atoms with Crippen LogP contribution in [0.25, 0.3) is 10.8 Å². The van der Waals surface area contributed by atoms with Gasteiger partial charge in [-0.2, -0.15) is 0 Å². The molecule has 1 atom stereocenters. The summed E-state index contributed by atoms with van der Waals surface area (Å²) in [6.07, 6.45) is 2.04. The van der Waals surface area contributed by atoms with Gasteiger partial charge < -0.3 is 19.3 Å². The summed E-state index contributed by atoms with van der Waals surface area (Å²) < 4.78 is 17.2. The molecule has 5 nitrogen and oxygen atoms in total. The number of β-amino-alcohol motifs (C(OH)–C–C–N with tert-alkyl or cyclic N) is 1. The van der Waals surface area contributed by atoms with E-state index >= 15 is 0 Å². The van der Waals surface area contributed by atoms with Crippen LogP contribution >= 0.6 is 23.3 Å². The standard InChI is InChI=1S/C18H18FN3O2S2/c1-21(15-9-13-11(8-14(15)19)4-6-20-18(13)24)26-17-3-2-16(25-17)22-7-5-12(23)10-22/h2-4,6,8-9,12,23H,5,7,10H2,1H3,(H,20,24). The second-order valence-electron chi connectivity index (χ2n) is 6.27. The molecule has 2 aromatic heterocycles. The molecule has 2 N–H and O–H groups in total. The fourth-order valence-electron chi connectivity index (χ4n) is 3.09. The zero-order valence-corrected chi connectivity index (χ0v) is 15.7. The molecule has 1 aliphatic heterocycles. The van der Waals surface area contributed by atoms with Gasteiger partial charge in [0.25, 0.3) is 5.56 Å². The Hall–Kier alpha value is -2.03. The van der Waals surface area contributed by atoms with Crippen LogP contribution in [0.1, 0.15) is 6.42 Å². The topological polar surface area (TPSA) is 59.6 Å². The van der Waals surface area contributed by atoms with Crippen molar-refractivity contribution in [1.82, 2.24) is 4.98 Å². The van der Waals surface area contributed by atoms with E-state index < -0.39 is 0 Å². The third kappa shape index (κ3) is 3.32. The predicted molar refractivity (Wildman–Crippen MR) is 106 cm³/mol. The highest BCUT2D eigenvalue weighted by molar-refractivity contribution is 8.02. The Morgan fingerprint density at radius 2 is 2.23 bits per heavy atom. The molecule has 1 aromatic carbocycles. The molecule has 1 aliphatic rings. The fraction of sp³-hybridized carbons (Fsp3) is 0.278. The Morgan fingerprint density at radius 3 is 3.00 bits per heavy atom. The Bertz CT molecular complexity index is 1000. The van der Waals surface area contributed by atoms with Crippen LogP contribution < -0.4 is 14.8 Å². The summed E-state index contributed by atoms with van der Waals surface area (Å²) >= 11 is 3.03. The van der Waals surface area contributed by atoms with Crippen LogP contribution in [-0.2, 0) is 0 Å². The minimum atomic E-state index is -0.363. The SMILES string of the molecule is CN(Sc1ccc(N2CCC(O)C2)s1)c1cc2c(=O)[nH]ccc2cc1F. The Balaban J connectivity index is 1.57. The number of H-pyrrole nitrogens is 1. The van der Waals surface area contributed by atoms with Gasteiger partial charge in [-0.3, -0.25) is 4.79 Å². The lowest BCUT2D eigenvalue weighted by Crippen LogP contribution is -2.19. The molecule has 1 saturated heterocycles. The first-order valence-electron chi connectivity index (χ1n) is 8.27. The largest absolute Gasteiger partial charge is 0.391 e. The molecule has 0 radical (unpaired) electrons. The third-order valence-electron chi connectivity index (χ3n) is 4.45. The van der Waals surface area contributed by atoms with E-state index in [0.29, 0.717) is 23.0 Å². The van der Waals surface area contributed by atoms with Gasteiger partial charge in [-0.15, -0.1) is 11.3 Å². The van der Waals surface area contributed by atoms with Gasteiger partial charge in [-0.1, -0.05) is 0 Å². The van der Waals surface area contributed by atoms with Crippen molar-refractivity contribution >= 4 is 44.7 Å². The highest BCUT2D eigenvalue weighted by Gasteiger charge is 2.22. The summed E-state index contributed by atoms with van der Waals surface area (Å²) in [4.78, 5) is 16.8. The van der Waals surface area contributed by atoms with Gasteiger partial charge in [0.1, 0.15) is 5.82 Å². The van der Waals surface area contributed by atoms with Crippen LogP contribution in [-0.4, -0.2) is 36.3 Å². The molecular weight excluding hydrogens is 373 g/mol. The Morgan fingerprint density at radius 1 is 1.38 bits per heavy atom. The minimum absolute atomic E-state index is 0.229. The highest BCUT2D eigenvalue weighted by atomic mass is 32.2. The predicted octanol–water partition coefficient (Wildman–Crippen LogP) is 3.44. The van der Waals surface area contributed by atoms with Crippen molar-refractivity contribution in [3.8, 4) is 0 Å². The molecule has 1 fully saturated rings. The van der Waals surface area contributed by atoms with Gasteiger partial charge in [0.15, 0.2) is 0 Å². The number of nitrogens with one attached hydrogen (secondary N) is 1. The number of halogens is 1. The maximum absolute atomic E-state index is 14.5. The Labute approximate surface area is 158 Å². The average molecular weight is 391 g/mol. The zero-order valence-electron chi connectivity index (χ0n) is 14.1. The first-order valence-corrected chi connectivity index (χ1v) is 9.86. The summed E-state index contributed by atoms with van der Waals surface area (Å²) in [6, 6.07) is 8.69. The number of aromatic amines is 1. The molecule has 8 heteroatoms. The van der Waals surface area contributed by atoms with Crippen LogP contribution in [0.15, 0.2) is 45.5 Å². The van der Waals surface area contributed by atoms with Crippen molar-refractivity contribution in [2.24, 2.45) is 0 Å². The van der Waals surface area contributed by atoms with E-state index in [4.69, 9.17) is 0 Å². The van der Waals surface area contributed by atoms with Crippen LogP contribution in [0, 0.1) is 5.82 Å². The number of hydrogen-bond donors (Lipinski definition) is 2. The van der Waals surface area contributed by atoms with Gasteiger partial charge in [0, 0.05) is 31.7 Å². The second kappa shape index (κ2) is 6.94. The third-order valence-corrected chi connectivity index (χ3v) is 6.65. The molecule has 26 heavy (non-hydrogen) atoms. The molecule has 4 rings (SSSR count). The zero-order chi connectivity index (χ0) is 18.3. The van der Waals surface area contributed by atoms with Gasteiger partial charge in [-0.25, -0.2) is 4.39 Å². The van der Waals surface area contributed by atoms with Gasteiger partial charge in [-0.05, 0) is 54.1 Å². The average Bonchev–Trinajstić information content (AvgIpc) is 3.23. The second-order valence-corrected chi connectivity index (χ2v) is 8.76. The number of aliphatic hydroxyl groups excluding tert-OH is 1. The van der Waals surface area contributed by atoms with E-state index in [1.54, 1.807) is 34.8 Å². The number of aromatic nitrogens is 1. The number of pyridine rings is 1. The molecule has 136 valence electrons. The van der Waals surface area contributed by atoms with E-state index in [1.165, 1.54) is 24.2 Å². The summed E-state index contributed by atoms with van der Waals surface area (Å²) in [5, 5.41) is 11.8. The van der Waals surface area contributed by atoms with Crippen LogP contribution in [0.5, 0.6) is 0 Å². The maximum Gasteiger partial charge on any atom is 0.255 e. The monoisotopic (exact) mass is 391 g/mol. The van der Waals surface area contributed by atoms with E-state index in [9.17, 15) is 14.3 Å². The van der Waals surface area contributed by atoms with Crippen molar-refractivity contribution in [3.63, 3.8) is 0 Å². The normalized spacial score (nSPS) is 17.2. The van der Waals surface area contributed by atoms with Crippen molar-refractivity contribution in [2.75, 3.05) is 29.3 Å². The molecule has 3 aromatic rings. The first-order chi connectivity index (χ1) is 12.5. The van der Waals surface area contributed by atoms with Crippen LogP contribution in [0.4, 0.5) is 15.1 Å². The molecule has 3 heterocycles. The van der Waals surface area contributed by atoms with Crippen molar-refractivity contribution in [1.29, 1.82) is 0 Å². The fourth-order valence-corrected chi connectivity index (χ4v) is 5.24. The summed E-state index contributed by atoms with van der Waals surface area (Å²) in [7, 11) is 1.78. The highest BCUT2D eigenvalue weighted by Crippen LogP contribution is 2.38. The number of fused-ring (bicyclic) bond motifs is 1. The van der Waals surface area contributed by atoms with Crippen molar-refractivity contribution in [2.45, 2.75) is 16.7 Å². The van der Waals surface area contributed by atoms with Gasteiger partial charge >= 0.3 is 0 Å². The van der Waals surface area contributed by atoms with E-state index in [1.807, 2.05) is 12.1 Å². The molecular formula is C18H18FN3O2S2. The molecule has 0 aliphatic carbocycles. The van der Waals surface area contributed by atoms with Crippen LogP contribution in [0.3, 0.4) is 0 Å². The lowest BCUT2D eigenvalue weighted by molar-refractivity contribution is 0.198. The number of thiophene rings is 1. The van der Waals surface area contributed by atoms with Crippen molar-refractivity contribution < 1.29 is 9.50 Å². The van der Waals surface area contributed by atoms with E-state index in [2.05, 4.69) is 9.88 Å². The number of rotatable bonds is 4. The molecule has 0 bridgehead atoms. The molecule has 0 amide bonds.